The van der Waals surface area contributed by atoms with Crippen molar-refractivity contribution in [3.05, 3.63) is 0 Å². The summed E-state index contributed by atoms with van der Waals surface area (Å²) in [5, 5.41) is 6.82. The summed E-state index contributed by atoms with van der Waals surface area (Å²) in [6, 6.07) is 0.925. The number of carbonyl (C=O) groups is 1. The van der Waals surface area contributed by atoms with Crippen LogP contribution < -0.4 is 10.6 Å². The van der Waals surface area contributed by atoms with E-state index in [4.69, 9.17) is 9.73 Å². The molecule has 2 N–H and O–H groups in total. The lowest BCUT2D eigenvalue weighted by atomic mass is 10.1. The van der Waals surface area contributed by atoms with E-state index in [1.165, 1.54) is 0 Å². The van der Waals surface area contributed by atoms with Gasteiger partial charge in [0, 0.05) is 38.3 Å². The van der Waals surface area contributed by atoms with Crippen molar-refractivity contribution in [3.8, 4) is 0 Å². The second-order valence-electron chi connectivity index (χ2n) is 6.60. The van der Waals surface area contributed by atoms with Crippen LogP contribution in [0, 0.1) is 0 Å². The third kappa shape index (κ3) is 7.94. The molecule has 0 aliphatic carbocycles. The Morgan fingerprint density at radius 1 is 1.32 bits per heavy atom. The normalized spacial score (nSPS) is 17.5. The topological polar surface area (TPSA) is 69.2 Å². The maximum atomic E-state index is 11.8. The van der Waals surface area contributed by atoms with E-state index < -0.39 is 0 Å². The molecular formula is C18H37N5O2. The minimum absolute atomic E-state index is 0.199. The fourth-order valence-electron chi connectivity index (χ4n) is 2.79. The first-order valence-electron chi connectivity index (χ1n) is 9.68. The third-order valence-corrected chi connectivity index (χ3v) is 4.77. The molecule has 0 aromatic carbocycles. The first-order chi connectivity index (χ1) is 12.0. The largest absolute Gasteiger partial charge is 0.450 e. The molecule has 0 aromatic heterocycles. The van der Waals surface area contributed by atoms with Gasteiger partial charge in [0.15, 0.2) is 5.96 Å². The van der Waals surface area contributed by atoms with Crippen molar-refractivity contribution < 1.29 is 9.53 Å². The van der Waals surface area contributed by atoms with Gasteiger partial charge in [0.05, 0.1) is 13.2 Å². The first kappa shape index (κ1) is 21.5. The lowest BCUT2D eigenvalue weighted by Gasteiger charge is -2.32. The van der Waals surface area contributed by atoms with Crippen LogP contribution in [-0.2, 0) is 4.74 Å². The summed E-state index contributed by atoms with van der Waals surface area (Å²) in [5.74, 6) is 0.870. The van der Waals surface area contributed by atoms with Crippen LogP contribution in [0.2, 0.25) is 0 Å². The molecule has 1 aliphatic heterocycles. The summed E-state index contributed by atoms with van der Waals surface area (Å²) in [5.41, 5.74) is 0. The molecule has 1 fully saturated rings. The standard InChI is InChI=1S/C18H37N5O2/c1-6-15(4)22(5)14-11-20-17(19-7-2)21-16-9-12-23(13-10-16)18(24)25-8-3/h15-16H,6-14H2,1-5H3,(H2,19,20,21). The van der Waals surface area contributed by atoms with Crippen molar-refractivity contribution in [2.75, 3.05) is 46.4 Å². The Kier molecular flexibility index (Phi) is 10.3. The molecule has 146 valence electrons. The molecule has 1 amide bonds. The Bertz CT molecular complexity index is 408. The summed E-state index contributed by atoms with van der Waals surface area (Å²) in [7, 11) is 2.15. The number of carbonyl (C=O) groups excluding carboxylic acids is 1. The summed E-state index contributed by atoms with van der Waals surface area (Å²) >= 11 is 0. The van der Waals surface area contributed by atoms with E-state index in [9.17, 15) is 4.79 Å². The highest BCUT2D eigenvalue weighted by Crippen LogP contribution is 2.11. The van der Waals surface area contributed by atoms with Crippen molar-refractivity contribution >= 4 is 12.1 Å². The highest BCUT2D eigenvalue weighted by molar-refractivity contribution is 5.80. The summed E-state index contributed by atoms with van der Waals surface area (Å²) < 4.78 is 5.07. The number of rotatable bonds is 8. The van der Waals surface area contributed by atoms with Gasteiger partial charge < -0.3 is 25.2 Å². The molecule has 0 spiro atoms. The molecule has 7 heteroatoms. The zero-order valence-corrected chi connectivity index (χ0v) is 16.7. The molecular weight excluding hydrogens is 318 g/mol. The Morgan fingerprint density at radius 3 is 2.56 bits per heavy atom. The van der Waals surface area contributed by atoms with E-state index in [2.05, 4.69) is 43.4 Å². The maximum absolute atomic E-state index is 11.8. The Labute approximate surface area is 153 Å². The lowest BCUT2D eigenvalue weighted by molar-refractivity contribution is 0.0963. The Balaban J connectivity index is 2.42. The van der Waals surface area contributed by atoms with Crippen LogP contribution in [0.3, 0.4) is 0 Å². The second-order valence-corrected chi connectivity index (χ2v) is 6.60. The second kappa shape index (κ2) is 12.0. The van der Waals surface area contributed by atoms with Gasteiger partial charge in [-0.1, -0.05) is 6.92 Å². The van der Waals surface area contributed by atoms with Crippen LogP contribution in [0.1, 0.15) is 47.0 Å². The number of nitrogens with zero attached hydrogens (tertiary/aromatic N) is 3. The third-order valence-electron chi connectivity index (χ3n) is 4.77. The SMILES string of the molecule is CCNC(=NCCN(C)C(C)CC)NC1CCN(C(=O)OCC)CC1. The highest BCUT2D eigenvalue weighted by atomic mass is 16.6. The van der Waals surface area contributed by atoms with E-state index >= 15 is 0 Å². The molecule has 7 nitrogen and oxygen atoms in total. The molecule has 0 radical (unpaired) electrons. The number of aliphatic imine (C=N–C) groups is 1. The van der Waals surface area contributed by atoms with Gasteiger partial charge in [-0.2, -0.15) is 0 Å². The molecule has 0 saturated carbocycles. The van der Waals surface area contributed by atoms with E-state index in [1.54, 1.807) is 4.90 Å². The molecule has 1 unspecified atom stereocenters. The van der Waals surface area contributed by atoms with E-state index in [0.717, 1.165) is 57.9 Å². The van der Waals surface area contributed by atoms with Crippen molar-refractivity contribution in [2.45, 2.75) is 59.0 Å². The average molecular weight is 356 g/mol. The van der Waals surface area contributed by atoms with Gasteiger partial charge >= 0.3 is 6.09 Å². The minimum atomic E-state index is -0.199. The van der Waals surface area contributed by atoms with Gasteiger partial charge in [0.25, 0.3) is 0 Å². The van der Waals surface area contributed by atoms with Gasteiger partial charge in [-0.15, -0.1) is 0 Å². The fraction of sp³-hybridized carbons (Fsp3) is 0.889. The van der Waals surface area contributed by atoms with Crippen molar-refractivity contribution in [1.29, 1.82) is 0 Å². The monoisotopic (exact) mass is 355 g/mol. The predicted octanol–water partition coefficient (Wildman–Crippen LogP) is 1.89. The molecule has 0 bridgehead atoms. The molecule has 0 aromatic rings. The minimum Gasteiger partial charge on any atom is -0.450 e. The van der Waals surface area contributed by atoms with Crippen LogP contribution in [0.5, 0.6) is 0 Å². The molecule has 25 heavy (non-hydrogen) atoms. The number of amides is 1. The van der Waals surface area contributed by atoms with Crippen LogP contribution in [0.4, 0.5) is 4.79 Å². The lowest BCUT2D eigenvalue weighted by Crippen LogP contribution is -2.50. The quantitative estimate of drug-likeness (QED) is 0.514. The molecule has 1 atom stereocenters. The number of hydrogen-bond acceptors (Lipinski definition) is 4. The van der Waals surface area contributed by atoms with Gasteiger partial charge in [-0.05, 0) is 47.1 Å². The number of ether oxygens (including phenoxy) is 1. The fourth-order valence-corrected chi connectivity index (χ4v) is 2.79. The smallest absolute Gasteiger partial charge is 0.409 e. The summed E-state index contributed by atoms with van der Waals surface area (Å²) in [4.78, 5) is 20.6. The predicted molar refractivity (Wildman–Crippen MR) is 103 cm³/mol. The first-order valence-corrected chi connectivity index (χ1v) is 9.68. The number of likely N-dealkylation sites (tertiary alicyclic amines) is 1. The molecule has 1 aliphatic rings. The highest BCUT2D eigenvalue weighted by Gasteiger charge is 2.24. The molecule has 1 saturated heterocycles. The van der Waals surface area contributed by atoms with Crippen molar-refractivity contribution in [2.24, 2.45) is 4.99 Å². The van der Waals surface area contributed by atoms with Crippen LogP contribution >= 0.6 is 0 Å². The van der Waals surface area contributed by atoms with Crippen LogP contribution in [0.25, 0.3) is 0 Å². The van der Waals surface area contributed by atoms with Gasteiger partial charge in [0.2, 0.25) is 0 Å². The van der Waals surface area contributed by atoms with Crippen LogP contribution in [0.15, 0.2) is 4.99 Å². The Morgan fingerprint density at radius 2 is 2.00 bits per heavy atom. The number of nitrogens with one attached hydrogen (secondary N) is 2. The van der Waals surface area contributed by atoms with Gasteiger partial charge in [-0.3, -0.25) is 4.99 Å². The van der Waals surface area contributed by atoms with E-state index in [1.807, 2.05) is 6.92 Å². The average Bonchev–Trinajstić information content (AvgIpc) is 2.61. The summed E-state index contributed by atoms with van der Waals surface area (Å²) in [6.07, 6.45) is 2.78. The zero-order chi connectivity index (χ0) is 18.7. The molecule has 1 heterocycles. The van der Waals surface area contributed by atoms with E-state index in [0.29, 0.717) is 18.7 Å². The van der Waals surface area contributed by atoms with Crippen LogP contribution in [-0.4, -0.2) is 80.3 Å². The zero-order valence-electron chi connectivity index (χ0n) is 16.7. The van der Waals surface area contributed by atoms with Gasteiger partial charge in [-0.25, -0.2) is 4.79 Å². The number of guanidine groups is 1. The van der Waals surface area contributed by atoms with Crippen molar-refractivity contribution in [1.82, 2.24) is 20.4 Å². The van der Waals surface area contributed by atoms with E-state index in [-0.39, 0.29) is 6.09 Å². The summed E-state index contributed by atoms with van der Waals surface area (Å²) in [6.45, 7) is 12.8. The number of likely N-dealkylation sites (N-methyl/N-ethyl adjacent to an activating group) is 1. The maximum Gasteiger partial charge on any atom is 0.409 e. The van der Waals surface area contributed by atoms with Gasteiger partial charge in [0.1, 0.15) is 0 Å². The number of hydrogen-bond donors (Lipinski definition) is 2. The van der Waals surface area contributed by atoms with Crippen molar-refractivity contribution in [3.63, 3.8) is 0 Å². The Hall–Kier alpha value is -1.50. The number of piperidine rings is 1. The molecule has 1 rings (SSSR count).